The predicted octanol–water partition coefficient (Wildman–Crippen LogP) is 4.39. The van der Waals surface area contributed by atoms with Crippen molar-refractivity contribution in [3.63, 3.8) is 0 Å². The molecule has 0 saturated heterocycles. The third kappa shape index (κ3) is 3.66. The van der Waals surface area contributed by atoms with E-state index in [0.29, 0.717) is 16.7 Å². The highest BCUT2D eigenvalue weighted by atomic mass is 35.5. The summed E-state index contributed by atoms with van der Waals surface area (Å²) in [7, 11) is 0. The minimum Gasteiger partial charge on any atom is -0.294 e. The number of anilines is 2. The molecule has 0 saturated carbocycles. The number of H-pyrrole nitrogens is 1. The summed E-state index contributed by atoms with van der Waals surface area (Å²) >= 11 is 5.92. The number of aromatic nitrogens is 4. The lowest BCUT2D eigenvalue weighted by Crippen LogP contribution is -2.12. The Morgan fingerprint density at radius 1 is 0.963 bits per heavy atom. The van der Waals surface area contributed by atoms with Gasteiger partial charge in [0.15, 0.2) is 0 Å². The Morgan fingerprint density at radius 2 is 1.74 bits per heavy atom. The van der Waals surface area contributed by atoms with Gasteiger partial charge in [-0.2, -0.15) is 0 Å². The van der Waals surface area contributed by atoms with Crippen LogP contribution in [0.3, 0.4) is 0 Å². The Kier molecular flexibility index (Phi) is 4.33. The van der Waals surface area contributed by atoms with Crippen LogP contribution < -0.4 is 10.9 Å². The fraction of sp³-hybridized carbons (Fsp3) is 0.100. The molecule has 0 aliphatic rings. The molecular formula is C20H16ClN5O. The zero-order valence-corrected chi connectivity index (χ0v) is 15.5. The van der Waals surface area contributed by atoms with Crippen molar-refractivity contribution in [1.82, 2.24) is 19.9 Å². The molecule has 7 heteroatoms. The van der Waals surface area contributed by atoms with Crippen molar-refractivity contribution in [3.8, 4) is 11.3 Å². The molecule has 134 valence electrons. The van der Waals surface area contributed by atoms with Gasteiger partial charge in [0.1, 0.15) is 0 Å². The van der Waals surface area contributed by atoms with E-state index in [4.69, 9.17) is 11.6 Å². The molecule has 0 spiro atoms. The third-order valence-corrected chi connectivity index (χ3v) is 4.41. The normalized spacial score (nSPS) is 10.9. The van der Waals surface area contributed by atoms with Gasteiger partial charge in [0.2, 0.25) is 11.9 Å². The largest absolute Gasteiger partial charge is 0.294 e. The lowest BCUT2D eigenvalue weighted by atomic mass is 10.1. The van der Waals surface area contributed by atoms with E-state index in [1.54, 1.807) is 12.1 Å². The molecule has 2 aromatic carbocycles. The monoisotopic (exact) mass is 377 g/mol. The summed E-state index contributed by atoms with van der Waals surface area (Å²) in [5.74, 6) is 0.651. The van der Waals surface area contributed by atoms with Crippen molar-refractivity contribution in [3.05, 3.63) is 75.2 Å². The van der Waals surface area contributed by atoms with Gasteiger partial charge in [-0.25, -0.2) is 15.0 Å². The van der Waals surface area contributed by atoms with E-state index in [1.807, 2.05) is 38.1 Å². The van der Waals surface area contributed by atoms with E-state index in [9.17, 15) is 4.79 Å². The number of fused-ring (bicyclic) bond motifs is 1. The van der Waals surface area contributed by atoms with E-state index in [0.717, 1.165) is 27.7 Å². The predicted molar refractivity (Wildman–Crippen MR) is 108 cm³/mol. The molecule has 0 fully saturated rings. The van der Waals surface area contributed by atoms with Crippen LogP contribution in [0.25, 0.3) is 22.2 Å². The van der Waals surface area contributed by atoms with Crippen molar-refractivity contribution < 1.29 is 0 Å². The van der Waals surface area contributed by atoms with Crippen LogP contribution in [0, 0.1) is 13.8 Å². The summed E-state index contributed by atoms with van der Waals surface area (Å²) in [5.41, 5.74) is 3.88. The van der Waals surface area contributed by atoms with E-state index < -0.39 is 0 Å². The first-order valence-corrected chi connectivity index (χ1v) is 8.75. The van der Waals surface area contributed by atoms with Crippen molar-refractivity contribution in [1.29, 1.82) is 0 Å². The highest BCUT2D eigenvalue weighted by Gasteiger charge is 2.08. The van der Waals surface area contributed by atoms with Gasteiger partial charge >= 0.3 is 0 Å². The van der Waals surface area contributed by atoms with Crippen molar-refractivity contribution in [2.75, 3.05) is 5.32 Å². The molecular weight excluding hydrogens is 362 g/mol. The summed E-state index contributed by atoms with van der Waals surface area (Å²) in [4.78, 5) is 28.2. The molecule has 0 bridgehead atoms. The average molecular weight is 378 g/mol. The Hall–Kier alpha value is -3.25. The number of aromatic amines is 1. The van der Waals surface area contributed by atoms with Crippen LogP contribution in [-0.2, 0) is 0 Å². The smallest absolute Gasteiger partial charge is 0.252 e. The number of aryl methyl sites for hydroxylation is 2. The highest BCUT2D eigenvalue weighted by molar-refractivity contribution is 6.30. The molecule has 0 unspecified atom stereocenters. The highest BCUT2D eigenvalue weighted by Crippen LogP contribution is 2.22. The van der Waals surface area contributed by atoms with Gasteiger partial charge in [0.05, 0.1) is 16.9 Å². The van der Waals surface area contributed by atoms with Crippen LogP contribution in [0.4, 0.5) is 11.9 Å². The Bertz CT molecular complexity index is 1200. The van der Waals surface area contributed by atoms with Gasteiger partial charge in [-0.1, -0.05) is 35.4 Å². The third-order valence-electron chi connectivity index (χ3n) is 4.15. The second-order valence-corrected chi connectivity index (χ2v) is 6.70. The molecule has 0 atom stereocenters. The minimum atomic E-state index is -0.273. The van der Waals surface area contributed by atoms with E-state index in [1.165, 1.54) is 6.07 Å². The molecule has 2 heterocycles. The Morgan fingerprint density at radius 3 is 2.52 bits per heavy atom. The molecule has 2 N–H and O–H groups in total. The van der Waals surface area contributed by atoms with E-state index in [-0.39, 0.29) is 11.5 Å². The number of halogens is 1. The number of rotatable bonds is 3. The topological polar surface area (TPSA) is 83.6 Å². The van der Waals surface area contributed by atoms with Crippen LogP contribution in [0.1, 0.15) is 11.3 Å². The molecule has 0 aliphatic heterocycles. The zero-order chi connectivity index (χ0) is 19.0. The van der Waals surface area contributed by atoms with Crippen LogP contribution in [0.15, 0.2) is 53.3 Å². The van der Waals surface area contributed by atoms with Crippen LogP contribution in [0.5, 0.6) is 0 Å². The molecule has 27 heavy (non-hydrogen) atoms. The summed E-state index contributed by atoms with van der Waals surface area (Å²) < 4.78 is 0. The van der Waals surface area contributed by atoms with Gasteiger partial charge in [-0.05, 0) is 38.1 Å². The van der Waals surface area contributed by atoms with Gasteiger partial charge in [0.25, 0.3) is 5.56 Å². The molecule has 4 aromatic rings. The van der Waals surface area contributed by atoms with Crippen molar-refractivity contribution in [2.24, 2.45) is 0 Å². The number of hydrogen-bond donors (Lipinski definition) is 2. The fourth-order valence-corrected chi connectivity index (χ4v) is 2.97. The summed E-state index contributed by atoms with van der Waals surface area (Å²) in [6, 6.07) is 14.6. The first kappa shape index (κ1) is 17.2. The van der Waals surface area contributed by atoms with Gasteiger partial charge in [0, 0.05) is 22.0 Å². The molecule has 6 nitrogen and oxygen atoms in total. The molecule has 2 aromatic heterocycles. The quantitative estimate of drug-likeness (QED) is 0.553. The fourth-order valence-electron chi connectivity index (χ4n) is 2.84. The first-order valence-electron chi connectivity index (χ1n) is 8.37. The maximum atomic E-state index is 12.1. The Balaban J connectivity index is 1.72. The first-order chi connectivity index (χ1) is 13.0. The SMILES string of the molecule is Cc1ccc2nc(Nc3nc(-c4ccc(Cl)cc4)cc(=O)[nH]3)nc(C)c2c1. The van der Waals surface area contributed by atoms with E-state index >= 15 is 0 Å². The molecule has 4 rings (SSSR count). The maximum absolute atomic E-state index is 12.1. The molecule has 0 aliphatic carbocycles. The minimum absolute atomic E-state index is 0.273. The summed E-state index contributed by atoms with van der Waals surface area (Å²) in [6.07, 6.45) is 0. The van der Waals surface area contributed by atoms with Crippen LogP contribution in [0.2, 0.25) is 5.02 Å². The maximum Gasteiger partial charge on any atom is 0.252 e. The number of nitrogens with one attached hydrogen (secondary N) is 2. The second kappa shape index (κ2) is 6.81. The number of benzene rings is 2. The van der Waals surface area contributed by atoms with Gasteiger partial charge < -0.3 is 0 Å². The van der Waals surface area contributed by atoms with Crippen LogP contribution in [-0.4, -0.2) is 19.9 Å². The lowest BCUT2D eigenvalue weighted by molar-refractivity contribution is 1.08. The number of nitrogens with zero attached hydrogens (tertiary/aromatic N) is 3. The molecule has 0 radical (unpaired) electrons. The molecule has 0 amide bonds. The summed E-state index contributed by atoms with van der Waals surface area (Å²) in [6.45, 7) is 3.96. The van der Waals surface area contributed by atoms with E-state index in [2.05, 4.69) is 31.3 Å². The zero-order valence-electron chi connectivity index (χ0n) is 14.7. The summed E-state index contributed by atoms with van der Waals surface area (Å²) in [5, 5.41) is 4.62. The van der Waals surface area contributed by atoms with Gasteiger partial charge in [-0.3, -0.25) is 15.1 Å². The van der Waals surface area contributed by atoms with Crippen molar-refractivity contribution in [2.45, 2.75) is 13.8 Å². The van der Waals surface area contributed by atoms with Crippen molar-refractivity contribution >= 4 is 34.4 Å². The van der Waals surface area contributed by atoms with Gasteiger partial charge in [-0.15, -0.1) is 0 Å². The lowest BCUT2D eigenvalue weighted by Gasteiger charge is -2.09. The second-order valence-electron chi connectivity index (χ2n) is 6.26. The van der Waals surface area contributed by atoms with Crippen LogP contribution >= 0.6 is 11.6 Å². The Labute approximate surface area is 160 Å². The standard InChI is InChI=1S/C20H16ClN5O/c1-11-3-8-16-15(9-11)12(2)22-19(23-16)26-20-24-17(10-18(27)25-20)13-4-6-14(21)7-5-13/h3-10H,1-2H3,(H2,22,23,24,25,26,27). The average Bonchev–Trinajstić information content (AvgIpc) is 2.62. The number of hydrogen-bond acceptors (Lipinski definition) is 5.